The maximum Gasteiger partial charge on any atom is 0.276 e. The van der Waals surface area contributed by atoms with Crippen molar-refractivity contribution in [3.63, 3.8) is 0 Å². The number of aromatic nitrogens is 7. The number of hydrogen-bond donors (Lipinski definition) is 2. The van der Waals surface area contributed by atoms with Gasteiger partial charge in [-0.1, -0.05) is 13.0 Å². The molecule has 0 atom stereocenters. The highest BCUT2D eigenvalue weighted by Crippen LogP contribution is 2.37. The lowest BCUT2D eigenvalue weighted by atomic mass is 10.1. The summed E-state index contributed by atoms with van der Waals surface area (Å²) in [5.74, 6) is 1.96. The first-order valence-corrected chi connectivity index (χ1v) is 12.5. The van der Waals surface area contributed by atoms with Gasteiger partial charge in [-0.05, 0) is 31.2 Å². The minimum absolute atomic E-state index is 0.0661. The third-order valence-corrected chi connectivity index (χ3v) is 6.15. The molecular weight excluding hydrogens is 510 g/mol. The molecule has 1 aromatic carbocycles. The average molecular weight is 538 g/mol. The number of anilines is 4. The zero-order valence-electron chi connectivity index (χ0n) is 22.4. The maximum atomic E-state index is 12.8. The predicted octanol–water partition coefficient (Wildman–Crippen LogP) is 4.21. The molecular formula is C28H27N9O3. The van der Waals surface area contributed by atoms with Crippen molar-refractivity contribution in [2.75, 3.05) is 17.7 Å². The summed E-state index contributed by atoms with van der Waals surface area (Å²) in [7, 11) is 3.36. The monoisotopic (exact) mass is 537 g/mol. The van der Waals surface area contributed by atoms with Crippen LogP contribution >= 0.6 is 0 Å². The normalized spacial score (nSPS) is 10.8. The Hall–Kier alpha value is -5.39. The van der Waals surface area contributed by atoms with Gasteiger partial charge < -0.3 is 15.4 Å². The predicted molar refractivity (Wildman–Crippen MR) is 151 cm³/mol. The summed E-state index contributed by atoms with van der Waals surface area (Å²) < 4.78 is 8.82. The van der Waals surface area contributed by atoms with Crippen molar-refractivity contribution in [3.05, 3.63) is 89.1 Å². The van der Waals surface area contributed by atoms with Crippen LogP contribution in [0.2, 0.25) is 0 Å². The van der Waals surface area contributed by atoms with E-state index < -0.39 is 0 Å². The molecule has 12 heteroatoms. The number of Topliss-reactive ketones (excluding diaryl/α,β-unsaturated/α-hetero) is 1. The van der Waals surface area contributed by atoms with E-state index >= 15 is 0 Å². The van der Waals surface area contributed by atoms with Crippen LogP contribution in [0, 0.1) is 6.92 Å². The number of hydrogen-bond acceptors (Lipinski definition) is 10. The van der Waals surface area contributed by atoms with Crippen molar-refractivity contribution >= 4 is 28.8 Å². The van der Waals surface area contributed by atoms with E-state index in [1.165, 1.54) is 10.8 Å². The molecule has 0 saturated carbocycles. The number of ether oxygens (including phenoxy) is 1. The molecule has 0 spiro atoms. The third-order valence-electron chi connectivity index (χ3n) is 6.15. The van der Waals surface area contributed by atoms with Gasteiger partial charge in [-0.3, -0.25) is 23.8 Å². The van der Waals surface area contributed by atoms with Crippen LogP contribution in [0.4, 0.5) is 23.0 Å². The van der Waals surface area contributed by atoms with Crippen LogP contribution < -0.4 is 20.9 Å². The van der Waals surface area contributed by atoms with Crippen LogP contribution in [0.5, 0.6) is 5.75 Å². The maximum absolute atomic E-state index is 12.8. The van der Waals surface area contributed by atoms with Crippen molar-refractivity contribution in [2.24, 2.45) is 7.05 Å². The van der Waals surface area contributed by atoms with E-state index in [2.05, 4.69) is 35.7 Å². The molecule has 0 aliphatic heterocycles. The molecule has 40 heavy (non-hydrogen) atoms. The third kappa shape index (κ3) is 5.27. The highest BCUT2D eigenvalue weighted by atomic mass is 16.5. The Morgan fingerprint density at radius 3 is 2.52 bits per heavy atom. The van der Waals surface area contributed by atoms with Gasteiger partial charge in [-0.2, -0.15) is 5.10 Å². The van der Waals surface area contributed by atoms with Gasteiger partial charge in [0.25, 0.3) is 5.56 Å². The van der Waals surface area contributed by atoms with E-state index in [9.17, 15) is 9.59 Å². The fraction of sp³-hybridized carbons (Fsp3) is 0.179. The number of methoxy groups -OCH3 is 1. The van der Waals surface area contributed by atoms with Crippen molar-refractivity contribution in [2.45, 2.75) is 20.3 Å². The molecule has 0 aliphatic rings. The summed E-state index contributed by atoms with van der Waals surface area (Å²) >= 11 is 0. The molecule has 5 aromatic rings. The number of carbonyl (C=O) groups is 1. The van der Waals surface area contributed by atoms with Crippen molar-refractivity contribution in [3.8, 4) is 22.8 Å². The van der Waals surface area contributed by atoms with E-state index in [4.69, 9.17) is 4.74 Å². The van der Waals surface area contributed by atoms with Crippen LogP contribution in [0.3, 0.4) is 0 Å². The van der Waals surface area contributed by atoms with Gasteiger partial charge in [0.15, 0.2) is 17.4 Å². The van der Waals surface area contributed by atoms with Gasteiger partial charge in [-0.15, -0.1) is 0 Å². The summed E-state index contributed by atoms with van der Waals surface area (Å²) in [4.78, 5) is 42.4. The molecule has 0 fully saturated rings. The fourth-order valence-corrected chi connectivity index (χ4v) is 4.13. The Bertz CT molecular complexity index is 1740. The Balaban J connectivity index is 1.46. The molecule has 5 rings (SSSR count). The second kappa shape index (κ2) is 11.2. The van der Waals surface area contributed by atoms with Crippen LogP contribution in [0.25, 0.3) is 17.1 Å². The van der Waals surface area contributed by atoms with E-state index in [0.29, 0.717) is 63.5 Å². The van der Waals surface area contributed by atoms with Gasteiger partial charge in [0.2, 0.25) is 0 Å². The quantitative estimate of drug-likeness (QED) is 0.263. The molecule has 0 unspecified atom stereocenters. The molecule has 0 aliphatic carbocycles. The standard InChI is InChI=1S/C28H27N9O3/c1-5-23(38)20-15-31-25(34-24-10-9-18(14-30-24)37-12-11-29-17(2)28(37)39)13-22(20)33-21-8-6-7-19(26(21)40-4)27-32-16-36(3)35-27/h6-16H,5H2,1-4H3,(H2,30,31,33,34). The van der Waals surface area contributed by atoms with Crippen LogP contribution in [0.1, 0.15) is 29.4 Å². The van der Waals surface area contributed by atoms with Crippen molar-refractivity contribution in [1.29, 1.82) is 0 Å². The molecule has 4 heterocycles. The molecule has 202 valence electrons. The number of ketones is 1. The fourth-order valence-electron chi connectivity index (χ4n) is 4.13. The summed E-state index contributed by atoms with van der Waals surface area (Å²) in [5, 5.41) is 10.9. The second-order valence-corrected chi connectivity index (χ2v) is 8.86. The van der Waals surface area contributed by atoms with E-state index in [-0.39, 0.29) is 11.3 Å². The summed E-state index contributed by atoms with van der Waals surface area (Å²) in [6.07, 6.45) is 8.20. The Labute approximate surface area is 229 Å². The number of pyridine rings is 2. The van der Waals surface area contributed by atoms with Gasteiger partial charge in [0.1, 0.15) is 23.7 Å². The molecule has 0 radical (unpaired) electrons. The SMILES string of the molecule is CCC(=O)c1cnc(Nc2ccc(-n3ccnc(C)c3=O)cn2)cc1Nc1cccc(-c2ncn(C)n2)c1OC. The number of aryl methyl sites for hydroxylation is 2. The Kier molecular flexibility index (Phi) is 7.31. The first kappa shape index (κ1) is 26.2. The van der Waals surface area contributed by atoms with E-state index in [1.54, 1.807) is 75.8 Å². The van der Waals surface area contributed by atoms with Crippen molar-refractivity contribution in [1.82, 2.24) is 34.3 Å². The topological polar surface area (TPSA) is 142 Å². The van der Waals surface area contributed by atoms with E-state index in [0.717, 1.165) is 0 Å². The van der Waals surface area contributed by atoms with Gasteiger partial charge in [0, 0.05) is 38.1 Å². The molecule has 4 aromatic heterocycles. The Morgan fingerprint density at radius 1 is 1.00 bits per heavy atom. The second-order valence-electron chi connectivity index (χ2n) is 8.86. The largest absolute Gasteiger partial charge is 0.494 e. The van der Waals surface area contributed by atoms with Crippen molar-refractivity contribution < 1.29 is 9.53 Å². The number of carbonyl (C=O) groups excluding carboxylic acids is 1. The lowest BCUT2D eigenvalue weighted by molar-refractivity contribution is 0.0988. The zero-order valence-corrected chi connectivity index (χ0v) is 22.4. The molecule has 0 bridgehead atoms. The zero-order chi connectivity index (χ0) is 28.2. The molecule has 2 N–H and O–H groups in total. The number of benzene rings is 1. The van der Waals surface area contributed by atoms with Crippen LogP contribution in [-0.4, -0.2) is 47.2 Å². The Morgan fingerprint density at radius 2 is 1.82 bits per heavy atom. The minimum atomic E-state index is -0.211. The highest BCUT2D eigenvalue weighted by molar-refractivity contribution is 6.02. The summed E-state index contributed by atoms with van der Waals surface area (Å²) in [6.45, 7) is 3.46. The molecule has 0 amide bonds. The number of nitrogens with one attached hydrogen (secondary N) is 2. The molecule has 0 saturated heterocycles. The number of nitrogens with zero attached hydrogens (tertiary/aromatic N) is 7. The van der Waals surface area contributed by atoms with Crippen LogP contribution in [-0.2, 0) is 7.05 Å². The smallest absolute Gasteiger partial charge is 0.276 e. The van der Waals surface area contributed by atoms with Gasteiger partial charge in [-0.25, -0.2) is 15.0 Å². The highest BCUT2D eigenvalue weighted by Gasteiger charge is 2.18. The van der Waals surface area contributed by atoms with Crippen LogP contribution in [0.15, 0.2) is 72.3 Å². The molecule has 12 nitrogen and oxygen atoms in total. The lowest BCUT2D eigenvalue weighted by Crippen LogP contribution is -2.21. The average Bonchev–Trinajstić information content (AvgIpc) is 3.40. The number of rotatable bonds is 9. The van der Waals surface area contributed by atoms with E-state index in [1.807, 2.05) is 18.2 Å². The first-order valence-electron chi connectivity index (χ1n) is 12.5. The minimum Gasteiger partial charge on any atom is -0.494 e. The number of para-hydroxylation sites is 1. The first-order chi connectivity index (χ1) is 19.4. The lowest BCUT2D eigenvalue weighted by Gasteiger charge is -2.17. The van der Waals surface area contributed by atoms with Gasteiger partial charge >= 0.3 is 0 Å². The van der Waals surface area contributed by atoms with Gasteiger partial charge in [0.05, 0.1) is 41.5 Å². The summed E-state index contributed by atoms with van der Waals surface area (Å²) in [6, 6.07) is 10.8. The summed E-state index contributed by atoms with van der Waals surface area (Å²) in [5.41, 5.74) is 3.11.